The molecule has 0 aromatic heterocycles. The lowest BCUT2D eigenvalue weighted by atomic mass is 9.79. The number of carbonyl (C=O) groups excluding carboxylic acids is 1. The number of hydrogen-bond donors (Lipinski definition) is 7. The first-order chi connectivity index (χ1) is 18.0. The Hall–Kier alpha value is -3.30. The number of rotatable bonds is 8. The van der Waals surface area contributed by atoms with Crippen molar-refractivity contribution in [1.29, 1.82) is 0 Å². The van der Waals surface area contributed by atoms with E-state index in [2.05, 4.69) is 0 Å². The average Bonchev–Trinajstić information content (AvgIpc) is 3.25. The van der Waals surface area contributed by atoms with E-state index in [0.29, 0.717) is 5.56 Å². The molecule has 2 aliphatic heterocycles. The minimum absolute atomic E-state index is 0.0551. The number of phenolic OH excluding ortho intramolecular Hbond substituents is 1. The Morgan fingerprint density at radius 2 is 1.76 bits per heavy atom. The van der Waals surface area contributed by atoms with Crippen molar-refractivity contribution in [2.45, 2.75) is 42.6 Å². The van der Waals surface area contributed by atoms with Crippen molar-refractivity contribution in [2.24, 2.45) is 11.8 Å². The highest BCUT2D eigenvalue weighted by atomic mass is 16.8. The maximum absolute atomic E-state index is 12.3. The minimum atomic E-state index is -1.97. The van der Waals surface area contributed by atoms with Crippen LogP contribution < -0.4 is 0 Å². The molecule has 3 aliphatic rings. The predicted molar refractivity (Wildman–Crippen MR) is 125 cm³/mol. The molecular weight excluding hydrogens is 508 g/mol. The summed E-state index contributed by atoms with van der Waals surface area (Å²) < 4.78 is 21.6. The third-order valence-electron chi connectivity index (χ3n) is 6.65. The molecule has 9 atom stereocenters. The number of phenols is 1. The van der Waals surface area contributed by atoms with Crippen LogP contribution in [0.25, 0.3) is 6.08 Å². The Kier molecular flexibility index (Phi) is 8.18. The number of hydrogen-bond acceptors (Lipinski definition) is 12. The normalized spacial score (nSPS) is 36.4. The van der Waals surface area contributed by atoms with Gasteiger partial charge in [0, 0.05) is 12.0 Å². The highest BCUT2D eigenvalue weighted by Gasteiger charge is 2.56. The molecule has 4 rings (SSSR count). The van der Waals surface area contributed by atoms with Gasteiger partial charge in [0.2, 0.25) is 6.29 Å². The van der Waals surface area contributed by atoms with E-state index in [9.17, 15) is 45.3 Å². The van der Waals surface area contributed by atoms with Crippen LogP contribution in [0.2, 0.25) is 0 Å². The molecule has 0 amide bonds. The SMILES string of the molecule is O=C(C=Cc1ccc(O)cc1)OC[C@]1(O)C=C[C@@H]2C(C(=O)O)=CO[C@@H](O[C@@H]3O[C@@H](CO)[C@@H](O)[C@@H](O)[C@H]3O)[C@@H]21. The summed E-state index contributed by atoms with van der Waals surface area (Å²) in [5, 5.41) is 70.1. The summed E-state index contributed by atoms with van der Waals surface area (Å²) in [6, 6.07) is 6.00. The fourth-order valence-electron chi connectivity index (χ4n) is 4.57. The van der Waals surface area contributed by atoms with Crippen LogP contribution >= 0.6 is 0 Å². The van der Waals surface area contributed by atoms with Gasteiger partial charge in [0.25, 0.3) is 0 Å². The van der Waals surface area contributed by atoms with Gasteiger partial charge >= 0.3 is 11.9 Å². The standard InChI is InChI=1S/C25H28O13/c26-9-16-19(29)20(30)21(31)24(37-16)38-23-18-14(15(10-35-23)22(32)33)7-8-25(18,34)11-36-17(28)6-3-12-1-4-13(27)5-2-12/h1-8,10,14,16,18-21,23-24,26-27,29-31,34H,9,11H2,(H,32,33)/t14-,16+,18-,19-,20-,21-,23+,24+,25-/m1/s1. The highest BCUT2D eigenvalue weighted by molar-refractivity contribution is 5.88. The van der Waals surface area contributed by atoms with E-state index < -0.39 is 79.6 Å². The number of carboxylic acid groups (broad SMARTS) is 1. The summed E-state index contributed by atoms with van der Waals surface area (Å²) in [4.78, 5) is 24.1. The Balaban J connectivity index is 1.50. The molecule has 0 spiro atoms. The van der Waals surface area contributed by atoms with E-state index in [1.807, 2.05) is 0 Å². The topological polar surface area (TPSA) is 213 Å². The molecule has 0 bridgehead atoms. The molecule has 206 valence electrons. The first kappa shape index (κ1) is 27.7. The van der Waals surface area contributed by atoms with E-state index in [4.69, 9.17) is 18.9 Å². The van der Waals surface area contributed by atoms with E-state index in [1.54, 1.807) is 12.1 Å². The van der Waals surface area contributed by atoms with Crippen molar-refractivity contribution in [1.82, 2.24) is 0 Å². The van der Waals surface area contributed by atoms with Gasteiger partial charge in [-0.1, -0.05) is 24.3 Å². The summed E-state index contributed by atoms with van der Waals surface area (Å²) in [6.07, 6.45) is -3.40. The number of aliphatic hydroxyl groups is 5. The number of aromatic hydroxyl groups is 1. The Labute approximate surface area is 216 Å². The van der Waals surface area contributed by atoms with E-state index in [-0.39, 0.29) is 11.3 Å². The number of carbonyl (C=O) groups is 2. The molecule has 38 heavy (non-hydrogen) atoms. The number of esters is 1. The van der Waals surface area contributed by atoms with Crippen LogP contribution in [0.3, 0.4) is 0 Å². The second-order valence-corrected chi connectivity index (χ2v) is 9.15. The van der Waals surface area contributed by atoms with E-state index in [0.717, 1.165) is 12.3 Å². The largest absolute Gasteiger partial charge is 0.508 e. The number of aliphatic carboxylic acids is 1. The van der Waals surface area contributed by atoms with Gasteiger partial charge in [-0.2, -0.15) is 0 Å². The maximum atomic E-state index is 12.3. The molecule has 0 unspecified atom stereocenters. The van der Waals surface area contributed by atoms with Gasteiger partial charge in [-0.15, -0.1) is 0 Å². The zero-order valence-corrected chi connectivity index (χ0v) is 19.8. The van der Waals surface area contributed by atoms with Crippen LogP contribution in [-0.2, 0) is 28.5 Å². The summed E-state index contributed by atoms with van der Waals surface area (Å²) >= 11 is 0. The minimum Gasteiger partial charge on any atom is -0.508 e. The molecule has 13 heteroatoms. The summed E-state index contributed by atoms with van der Waals surface area (Å²) in [6.45, 7) is -1.32. The fourth-order valence-corrected chi connectivity index (χ4v) is 4.57. The maximum Gasteiger partial charge on any atom is 0.335 e. The Bertz CT molecular complexity index is 1110. The molecule has 1 aromatic rings. The third-order valence-corrected chi connectivity index (χ3v) is 6.65. The molecule has 1 fully saturated rings. The van der Waals surface area contributed by atoms with Crippen molar-refractivity contribution in [2.75, 3.05) is 13.2 Å². The summed E-state index contributed by atoms with van der Waals surface area (Å²) in [7, 11) is 0. The molecule has 1 aliphatic carbocycles. The second-order valence-electron chi connectivity index (χ2n) is 9.15. The first-order valence-corrected chi connectivity index (χ1v) is 11.6. The molecule has 13 nitrogen and oxygen atoms in total. The van der Waals surface area contributed by atoms with Crippen LogP contribution in [0, 0.1) is 11.8 Å². The lowest BCUT2D eigenvalue weighted by molar-refractivity contribution is -0.346. The molecular formula is C25H28O13. The molecule has 1 aromatic carbocycles. The monoisotopic (exact) mass is 536 g/mol. The van der Waals surface area contributed by atoms with Gasteiger partial charge in [0.05, 0.1) is 24.4 Å². The van der Waals surface area contributed by atoms with Crippen molar-refractivity contribution >= 4 is 18.0 Å². The van der Waals surface area contributed by atoms with Crippen molar-refractivity contribution in [3.8, 4) is 5.75 Å². The van der Waals surface area contributed by atoms with Crippen molar-refractivity contribution < 1.29 is 64.3 Å². The van der Waals surface area contributed by atoms with Gasteiger partial charge in [0.1, 0.15) is 42.4 Å². The first-order valence-electron chi connectivity index (χ1n) is 11.6. The Morgan fingerprint density at radius 3 is 2.42 bits per heavy atom. The van der Waals surface area contributed by atoms with Gasteiger partial charge in [0.15, 0.2) is 6.29 Å². The lowest BCUT2D eigenvalue weighted by Gasteiger charge is -2.44. The van der Waals surface area contributed by atoms with E-state index >= 15 is 0 Å². The average molecular weight is 536 g/mol. The fraction of sp³-hybridized carbons (Fsp3) is 0.440. The highest BCUT2D eigenvalue weighted by Crippen LogP contribution is 2.45. The number of benzene rings is 1. The summed E-state index contributed by atoms with van der Waals surface area (Å²) in [5.74, 6) is -4.23. The zero-order chi connectivity index (χ0) is 27.6. The second kappa shape index (κ2) is 11.2. The van der Waals surface area contributed by atoms with Crippen molar-refractivity contribution in [3.63, 3.8) is 0 Å². The number of allylic oxidation sites excluding steroid dienone is 1. The van der Waals surface area contributed by atoms with Gasteiger partial charge in [-0.3, -0.25) is 0 Å². The van der Waals surface area contributed by atoms with Gasteiger partial charge < -0.3 is 54.7 Å². The molecule has 0 saturated carbocycles. The number of aliphatic hydroxyl groups excluding tert-OH is 4. The van der Waals surface area contributed by atoms with E-state index in [1.165, 1.54) is 30.4 Å². The van der Waals surface area contributed by atoms with Crippen LogP contribution in [0.5, 0.6) is 5.75 Å². The van der Waals surface area contributed by atoms with Crippen LogP contribution in [0.1, 0.15) is 5.56 Å². The molecule has 7 N–H and O–H groups in total. The molecule has 1 saturated heterocycles. The van der Waals surface area contributed by atoms with Gasteiger partial charge in [-0.25, -0.2) is 9.59 Å². The zero-order valence-electron chi connectivity index (χ0n) is 19.8. The number of ether oxygens (including phenoxy) is 4. The Morgan fingerprint density at radius 1 is 1.05 bits per heavy atom. The van der Waals surface area contributed by atoms with Crippen molar-refractivity contribution in [3.05, 3.63) is 59.9 Å². The van der Waals surface area contributed by atoms with Crippen LogP contribution in [-0.4, -0.2) is 103 Å². The third kappa shape index (κ3) is 5.59. The van der Waals surface area contributed by atoms with Crippen LogP contribution in [0.15, 0.2) is 54.3 Å². The smallest absolute Gasteiger partial charge is 0.335 e. The number of fused-ring (bicyclic) bond motifs is 1. The summed E-state index contributed by atoms with van der Waals surface area (Å²) in [5.41, 5.74) is -1.58. The van der Waals surface area contributed by atoms with Gasteiger partial charge in [-0.05, 0) is 23.8 Å². The lowest BCUT2D eigenvalue weighted by Crippen LogP contribution is -2.61. The number of carboxylic acids is 1. The molecule has 0 radical (unpaired) electrons. The molecule has 2 heterocycles. The predicted octanol–water partition coefficient (Wildman–Crippen LogP) is -1.38. The van der Waals surface area contributed by atoms with Crippen LogP contribution in [0.4, 0.5) is 0 Å². The quantitative estimate of drug-likeness (QED) is 0.116.